The molecule has 0 unspecified atom stereocenters. The Morgan fingerprint density at radius 2 is 1.38 bits per heavy atom. The van der Waals surface area contributed by atoms with Crippen molar-refractivity contribution < 1.29 is 36.1 Å². The van der Waals surface area contributed by atoms with Gasteiger partial charge in [-0.1, -0.05) is 0 Å². The van der Waals surface area contributed by atoms with E-state index in [9.17, 15) is 4.57 Å². The van der Waals surface area contributed by atoms with Crippen LogP contribution in [0.3, 0.4) is 0 Å². The average Bonchev–Trinajstić information content (AvgIpc) is 0.722. The van der Waals surface area contributed by atoms with E-state index in [0.29, 0.717) is 0 Å². The molecule has 0 aliphatic carbocycles. The molecule has 0 amide bonds. The molecule has 0 saturated carbocycles. The van der Waals surface area contributed by atoms with Crippen LogP contribution in [0, 0.1) is 0 Å². The van der Waals surface area contributed by atoms with Crippen molar-refractivity contribution in [1.29, 1.82) is 0 Å². The zero-order valence-corrected chi connectivity index (χ0v) is 7.71. The summed E-state index contributed by atoms with van der Waals surface area (Å²) < 4.78 is 9.39. The molecule has 0 radical (unpaired) electrons. The van der Waals surface area contributed by atoms with Crippen LogP contribution in [0.5, 0.6) is 0 Å². The van der Waals surface area contributed by atoms with Gasteiger partial charge >= 0.3 is 18.9 Å². The van der Waals surface area contributed by atoms with Crippen molar-refractivity contribution in [3.05, 3.63) is 0 Å². The maximum absolute atomic E-state index is 9.39. The summed E-state index contributed by atoms with van der Waals surface area (Å²) in [6, 6.07) is 0. The van der Waals surface area contributed by atoms with Crippen molar-refractivity contribution in [2.45, 2.75) is 0 Å². The van der Waals surface area contributed by atoms with Crippen LogP contribution in [-0.2, 0) is 26.3 Å². The molecule has 0 heterocycles. The Labute approximate surface area is 88.6 Å². The van der Waals surface area contributed by atoms with E-state index in [-0.39, 0.29) is 67.8 Å². The van der Waals surface area contributed by atoms with Gasteiger partial charge in [-0.2, -0.15) is 0 Å². The third-order valence-corrected chi connectivity index (χ3v) is 0. The van der Waals surface area contributed by atoms with Gasteiger partial charge in [0.2, 0.25) is 0 Å². The zero-order valence-electron chi connectivity index (χ0n) is 3.25. The number of rotatable bonds is 0. The van der Waals surface area contributed by atoms with Crippen molar-refractivity contribution in [2.24, 2.45) is 0 Å². The van der Waals surface area contributed by atoms with Crippen LogP contribution in [0.4, 0.5) is 0 Å². The second-order valence-corrected chi connectivity index (χ2v) is 6.00. The Morgan fingerprint density at radius 3 is 1.38 bits per heavy atom. The van der Waals surface area contributed by atoms with Gasteiger partial charge in [-0.05, 0) is 0 Å². The molecule has 0 spiro atoms. The topological polar surface area (TPSA) is 57.5 Å². The molecule has 2 N–H and O–H groups in total. The van der Waals surface area contributed by atoms with Gasteiger partial charge in [0.15, 0.2) is 17.4 Å². The first kappa shape index (κ1) is 22.5. The molecular weight excluding hydrogens is 189 g/mol. The molecule has 8 heteroatoms. The molecule has 3 nitrogen and oxygen atoms in total. The van der Waals surface area contributed by atoms with E-state index < -0.39 is 7.14 Å². The maximum atomic E-state index is 9.39. The van der Waals surface area contributed by atoms with E-state index in [1.54, 1.807) is 0 Å². The molecular formula is H9AlLiO3PSiTi. The van der Waals surface area contributed by atoms with Crippen molar-refractivity contribution in [3.8, 4) is 0 Å². The molecule has 0 aromatic carbocycles. The first-order chi connectivity index (χ1) is 2.00. The van der Waals surface area contributed by atoms with Crippen LogP contribution in [0.1, 0.15) is 0 Å². The third kappa shape index (κ3) is 87.3. The summed E-state index contributed by atoms with van der Waals surface area (Å²) >= 11 is 0. The minimum atomic E-state index is -3.50. The predicted octanol–water partition coefficient (Wildman–Crippen LogP) is -3.39. The van der Waals surface area contributed by atoms with Crippen LogP contribution in [0.2, 0.25) is 0 Å². The second-order valence-electron chi connectivity index (χ2n) is 0.835. The quantitative estimate of drug-likeness (QED) is 0.315. The zero-order chi connectivity index (χ0) is 4.50. The van der Waals surface area contributed by atoms with E-state index in [1.165, 1.54) is 0 Å². The Balaban J connectivity index is -0.0000000267. The van der Waals surface area contributed by atoms with E-state index in [1.807, 2.05) is 0 Å². The first-order valence-electron chi connectivity index (χ1n) is 1.03. The fourth-order valence-electron chi connectivity index (χ4n) is 0. The first-order valence-corrected chi connectivity index (χ1v) is 5.77. The summed E-state index contributed by atoms with van der Waals surface area (Å²) in [5.41, 5.74) is 0. The molecule has 0 fully saturated rings. The Hall–Kier alpha value is 2.21. The van der Waals surface area contributed by atoms with Gasteiger partial charge in [0, 0.05) is 21.7 Å². The molecule has 0 aromatic rings. The summed E-state index contributed by atoms with van der Waals surface area (Å²) in [5, 5.41) is 0. The molecule has 8 heavy (non-hydrogen) atoms. The predicted molar refractivity (Wildman–Crippen MR) is 39.1 cm³/mol. The van der Waals surface area contributed by atoms with E-state index in [0.717, 1.165) is 0 Å². The molecule has 0 saturated heterocycles. The Bertz CT molecular complexity index is 65.4. The Morgan fingerprint density at radius 1 is 1.38 bits per heavy atom. The fourth-order valence-corrected chi connectivity index (χ4v) is 0. The average molecular weight is 198 g/mol. The summed E-state index contributed by atoms with van der Waals surface area (Å²) in [6.45, 7) is 0. The summed E-state index contributed by atoms with van der Waals surface area (Å²) in [5.74, 6) is 0. The molecule has 0 aliphatic rings. The van der Waals surface area contributed by atoms with Gasteiger partial charge in [-0.3, -0.25) is 4.57 Å². The van der Waals surface area contributed by atoms with Crippen LogP contribution >= 0.6 is 7.14 Å². The van der Waals surface area contributed by atoms with Gasteiger partial charge in [0.25, 0.3) is 7.14 Å². The Kier molecular flexibility index (Phi) is 25.9. The second kappa shape index (κ2) is 9.21. The molecule has 0 bridgehead atoms. The standard InChI is InChI=1S/Al.Li.H5O3PSi.Ti.4H/c;;1-4(2,3)5;;;;;/h;;5H3,(H2,1,2,3);;;;;. The molecule has 0 aliphatic heterocycles. The van der Waals surface area contributed by atoms with Gasteiger partial charge in [0.1, 0.15) is 9.91 Å². The molecule has 0 rings (SSSR count). The van der Waals surface area contributed by atoms with Gasteiger partial charge in [-0.15, -0.1) is 0 Å². The van der Waals surface area contributed by atoms with E-state index in [2.05, 4.69) is 0 Å². The number of hydrogen-bond donors (Lipinski definition) is 2. The fraction of sp³-hybridized carbons (Fsp3) is 0. The van der Waals surface area contributed by atoms with Crippen molar-refractivity contribution in [3.63, 3.8) is 0 Å². The summed E-state index contributed by atoms with van der Waals surface area (Å²) in [4.78, 5) is 15.4. The van der Waals surface area contributed by atoms with Crippen molar-refractivity contribution in [1.82, 2.24) is 0 Å². The maximum Gasteiger partial charge on any atom is 0 e. The molecule has 44 valence electrons. The van der Waals surface area contributed by atoms with E-state index >= 15 is 0 Å². The van der Waals surface area contributed by atoms with Crippen molar-refractivity contribution in [2.75, 3.05) is 0 Å². The normalized spacial score (nSPS) is 7.75. The van der Waals surface area contributed by atoms with Gasteiger partial charge in [0.05, 0.1) is 0 Å². The van der Waals surface area contributed by atoms with Gasteiger partial charge < -0.3 is 9.79 Å². The summed E-state index contributed by atoms with van der Waals surface area (Å²) in [6.07, 6.45) is 0. The smallest absolute Gasteiger partial charge is 0 e. The third-order valence-electron chi connectivity index (χ3n) is 0. The largest absolute Gasteiger partial charge is 0 e. The minimum absolute atomic E-state index is 0. The van der Waals surface area contributed by atoms with Crippen LogP contribution in [0.25, 0.3) is 0 Å². The number of hydrogen-bond acceptors (Lipinski definition) is 1. The monoisotopic (exact) mass is 198 g/mol. The summed E-state index contributed by atoms with van der Waals surface area (Å²) in [7, 11) is -3.53. The van der Waals surface area contributed by atoms with E-state index in [4.69, 9.17) is 9.79 Å². The van der Waals surface area contributed by atoms with Crippen LogP contribution in [0.15, 0.2) is 0 Å². The van der Waals surface area contributed by atoms with Crippen molar-refractivity contribution >= 4 is 53.3 Å². The molecule has 0 aromatic heterocycles. The minimum Gasteiger partial charge on any atom is 0 e. The SMILES string of the molecule is O=P(O)(O)[SiH3].[AlH3].[LiH].[Ti]. The van der Waals surface area contributed by atoms with Gasteiger partial charge in [-0.25, -0.2) is 0 Å². The van der Waals surface area contributed by atoms with Crippen LogP contribution < -0.4 is 0 Å². The molecule has 0 atom stereocenters. The van der Waals surface area contributed by atoms with Crippen LogP contribution in [-0.4, -0.2) is 55.9 Å².